The molecule has 0 unspecified atom stereocenters. The van der Waals surface area contributed by atoms with Gasteiger partial charge in [0.2, 0.25) is 0 Å². The lowest BCUT2D eigenvalue weighted by Gasteiger charge is -1.99. The molecule has 0 atom stereocenters. The number of nitrogens with zero attached hydrogens (tertiary/aromatic N) is 3. The van der Waals surface area contributed by atoms with Crippen molar-refractivity contribution in [2.45, 2.75) is 26.2 Å². The number of H-pyrrole nitrogens is 2. The maximum atomic E-state index is 4.93. The standard InChI is InChI=1S/C17H17N5/c1-9-11-4-3-5-12-13-6-10-8-18-22(2)15(10)7-14(13)19-16(12)17(11)21-20-9/h6-8,18H,3-5H2,1-2H3,(H,20,21). The number of rotatable bonds is 0. The molecule has 0 saturated carbocycles. The Labute approximate surface area is 127 Å². The molecule has 0 bridgehead atoms. The van der Waals surface area contributed by atoms with Crippen LogP contribution in [0.5, 0.6) is 0 Å². The summed E-state index contributed by atoms with van der Waals surface area (Å²) < 4.78 is 2.03. The number of fused-ring (bicyclic) bond motifs is 6. The highest BCUT2D eigenvalue weighted by Gasteiger charge is 2.24. The molecule has 0 aliphatic heterocycles. The first kappa shape index (κ1) is 12.0. The highest BCUT2D eigenvalue weighted by molar-refractivity contribution is 6.00. The molecule has 1 aliphatic carbocycles. The van der Waals surface area contributed by atoms with E-state index in [0.717, 1.165) is 36.2 Å². The summed E-state index contributed by atoms with van der Waals surface area (Å²) in [6.07, 6.45) is 5.36. The molecule has 0 radical (unpaired) electrons. The first-order chi connectivity index (χ1) is 10.7. The molecule has 22 heavy (non-hydrogen) atoms. The van der Waals surface area contributed by atoms with Crippen LogP contribution in [0.2, 0.25) is 0 Å². The maximum Gasteiger partial charge on any atom is 0.114 e. The minimum atomic E-state index is 1.05. The van der Waals surface area contributed by atoms with E-state index in [0.29, 0.717) is 0 Å². The van der Waals surface area contributed by atoms with Crippen LogP contribution in [0.15, 0.2) is 18.3 Å². The number of aromatic amines is 2. The Morgan fingerprint density at radius 2 is 2.00 bits per heavy atom. The average Bonchev–Trinajstić information content (AvgIpc) is 3.12. The van der Waals surface area contributed by atoms with E-state index in [-0.39, 0.29) is 0 Å². The largest absolute Gasteiger partial charge is 0.305 e. The van der Waals surface area contributed by atoms with Crippen LogP contribution in [-0.2, 0) is 19.9 Å². The lowest BCUT2D eigenvalue weighted by Crippen LogP contribution is -1.89. The van der Waals surface area contributed by atoms with E-state index in [2.05, 4.69) is 40.5 Å². The van der Waals surface area contributed by atoms with Gasteiger partial charge in [0.1, 0.15) is 5.69 Å². The minimum Gasteiger partial charge on any atom is -0.305 e. The third-order valence-corrected chi connectivity index (χ3v) is 4.92. The lowest BCUT2D eigenvalue weighted by molar-refractivity contribution is 0.797. The van der Waals surface area contributed by atoms with Crippen molar-refractivity contribution in [3.63, 3.8) is 0 Å². The molecule has 2 N–H and O–H groups in total. The summed E-state index contributed by atoms with van der Waals surface area (Å²) in [7, 11) is 2.03. The van der Waals surface area contributed by atoms with Crippen LogP contribution in [0.1, 0.15) is 23.2 Å². The van der Waals surface area contributed by atoms with Crippen molar-refractivity contribution in [3.8, 4) is 11.4 Å². The SMILES string of the molecule is Cc1[nH]nc2c1CCCc1c-2nc2cc3c(c[nH]n3C)cc12. The summed E-state index contributed by atoms with van der Waals surface area (Å²) in [6.45, 7) is 2.10. The number of hydrogen-bond acceptors (Lipinski definition) is 2. The van der Waals surface area contributed by atoms with Gasteiger partial charge in [-0.3, -0.25) is 9.78 Å². The highest BCUT2D eigenvalue weighted by atomic mass is 15.2. The van der Waals surface area contributed by atoms with Gasteiger partial charge in [-0.15, -0.1) is 0 Å². The summed E-state index contributed by atoms with van der Waals surface area (Å²) in [4.78, 5) is 4.93. The van der Waals surface area contributed by atoms with E-state index in [1.807, 2.05) is 11.7 Å². The monoisotopic (exact) mass is 291 g/mol. The smallest absolute Gasteiger partial charge is 0.114 e. The molecule has 5 heteroatoms. The molecule has 1 aliphatic rings. The fourth-order valence-electron chi connectivity index (χ4n) is 3.73. The van der Waals surface area contributed by atoms with Gasteiger partial charge in [-0.25, -0.2) is 4.98 Å². The van der Waals surface area contributed by atoms with Crippen LogP contribution in [0.25, 0.3) is 33.2 Å². The fraction of sp³-hybridized carbons (Fsp3) is 0.294. The number of aromatic nitrogens is 5. The third kappa shape index (κ3) is 1.43. The van der Waals surface area contributed by atoms with E-state index >= 15 is 0 Å². The quantitative estimate of drug-likeness (QED) is 0.522. The fourth-order valence-corrected chi connectivity index (χ4v) is 3.73. The van der Waals surface area contributed by atoms with Gasteiger partial charge in [-0.1, -0.05) is 0 Å². The van der Waals surface area contributed by atoms with Crippen molar-refractivity contribution in [2.75, 3.05) is 0 Å². The number of hydrogen-bond donors (Lipinski definition) is 2. The van der Waals surface area contributed by atoms with Crippen molar-refractivity contribution in [1.29, 1.82) is 0 Å². The van der Waals surface area contributed by atoms with Gasteiger partial charge < -0.3 is 5.10 Å². The number of benzene rings is 1. The molecule has 1 aromatic carbocycles. The van der Waals surface area contributed by atoms with Crippen LogP contribution in [-0.4, -0.2) is 25.0 Å². The maximum absolute atomic E-state index is 4.93. The van der Waals surface area contributed by atoms with Gasteiger partial charge >= 0.3 is 0 Å². The summed E-state index contributed by atoms with van der Waals surface area (Å²) in [5, 5.41) is 13.4. The van der Waals surface area contributed by atoms with E-state index in [1.165, 1.54) is 33.1 Å². The van der Waals surface area contributed by atoms with Gasteiger partial charge in [-0.2, -0.15) is 5.10 Å². The van der Waals surface area contributed by atoms with Crippen molar-refractivity contribution in [1.82, 2.24) is 25.0 Å². The summed E-state index contributed by atoms with van der Waals surface area (Å²) in [5.41, 5.74) is 8.24. The van der Waals surface area contributed by atoms with Crippen LogP contribution in [0, 0.1) is 6.92 Å². The topological polar surface area (TPSA) is 62.3 Å². The predicted octanol–water partition coefficient (Wildman–Crippen LogP) is 3.24. The van der Waals surface area contributed by atoms with Crippen molar-refractivity contribution in [2.24, 2.45) is 7.05 Å². The molecule has 3 heterocycles. The number of nitrogens with one attached hydrogen (secondary N) is 2. The van der Waals surface area contributed by atoms with E-state index in [4.69, 9.17) is 4.98 Å². The number of aryl methyl sites for hydroxylation is 3. The molecule has 4 aromatic rings. The average molecular weight is 291 g/mol. The van der Waals surface area contributed by atoms with Crippen LogP contribution >= 0.6 is 0 Å². The van der Waals surface area contributed by atoms with Gasteiger partial charge in [-0.05, 0) is 43.9 Å². The summed E-state index contributed by atoms with van der Waals surface area (Å²) in [6, 6.07) is 4.44. The van der Waals surface area contributed by atoms with Gasteiger partial charge in [0.05, 0.1) is 16.7 Å². The Hall–Kier alpha value is -2.56. The van der Waals surface area contributed by atoms with Crippen molar-refractivity contribution < 1.29 is 0 Å². The second kappa shape index (κ2) is 4.00. The Kier molecular flexibility index (Phi) is 2.19. The first-order valence-corrected chi connectivity index (χ1v) is 7.73. The zero-order chi connectivity index (χ0) is 14.8. The molecule has 110 valence electrons. The van der Waals surface area contributed by atoms with Crippen LogP contribution in [0.4, 0.5) is 0 Å². The van der Waals surface area contributed by atoms with Crippen molar-refractivity contribution in [3.05, 3.63) is 35.2 Å². The molecule has 0 fully saturated rings. The molecular weight excluding hydrogens is 274 g/mol. The normalized spacial score (nSPS) is 14.3. The van der Waals surface area contributed by atoms with E-state index in [1.54, 1.807) is 0 Å². The van der Waals surface area contributed by atoms with Gasteiger partial charge in [0, 0.05) is 35.3 Å². The Bertz CT molecular complexity index is 1030. The second-order valence-electron chi connectivity index (χ2n) is 6.23. The van der Waals surface area contributed by atoms with E-state index in [9.17, 15) is 0 Å². The minimum absolute atomic E-state index is 1.05. The molecule has 5 nitrogen and oxygen atoms in total. The van der Waals surface area contributed by atoms with Gasteiger partial charge in [0.15, 0.2) is 0 Å². The molecule has 0 spiro atoms. The van der Waals surface area contributed by atoms with Crippen LogP contribution in [0.3, 0.4) is 0 Å². The van der Waals surface area contributed by atoms with E-state index < -0.39 is 0 Å². The molecule has 0 amide bonds. The molecular formula is C17H17N5. The molecule has 3 aromatic heterocycles. The first-order valence-electron chi connectivity index (χ1n) is 7.73. The molecule has 5 rings (SSSR count). The van der Waals surface area contributed by atoms with Crippen molar-refractivity contribution >= 4 is 21.8 Å². The Morgan fingerprint density at radius 1 is 1.14 bits per heavy atom. The zero-order valence-corrected chi connectivity index (χ0v) is 12.7. The summed E-state index contributed by atoms with van der Waals surface area (Å²) >= 11 is 0. The van der Waals surface area contributed by atoms with Crippen LogP contribution < -0.4 is 0 Å². The second-order valence-corrected chi connectivity index (χ2v) is 6.23. The Morgan fingerprint density at radius 3 is 2.91 bits per heavy atom. The highest BCUT2D eigenvalue weighted by Crippen LogP contribution is 2.37. The predicted molar refractivity (Wildman–Crippen MR) is 86.9 cm³/mol. The van der Waals surface area contributed by atoms with Gasteiger partial charge in [0.25, 0.3) is 0 Å². The zero-order valence-electron chi connectivity index (χ0n) is 12.7. The molecule has 0 saturated heterocycles. The Balaban J connectivity index is 1.88. The lowest BCUT2D eigenvalue weighted by atomic mass is 10.0. The third-order valence-electron chi connectivity index (χ3n) is 4.92. The summed E-state index contributed by atoms with van der Waals surface area (Å²) in [5.74, 6) is 0.